The van der Waals surface area contributed by atoms with E-state index < -0.39 is 88.6 Å². The molecule has 0 saturated heterocycles. The molecule has 0 saturated carbocycles. The number of fused-ring (bicyclic) bond motifs is 6. The number of nitrogens with zero attached hydrogens (tertiary/aromatic N) is 8. The van der Waals surface area contributed by atoms with E-state index in [0.717, 1.165) is 92.1 Å². The fourth-order valence-corrected chi connectivity index (χ4v) is 6.58. The van der Waals surface area contributed by atoms with E-state index in [2.05, 4.69) is 68.5 Å². The standard InChI is InChI=1S/2C12H8N2.4C7H5NO4.2Cu/c2*1-3-9-5-6-10-4-2-8-14-12(10)11(9)13-7-1;4*9-7(10)5-3-1-2-4-6(5)8(11)12;;/h2*1-8H;4*1-4H,(H,9,10);;/q;;;;;;2*+2/p-4. The van der Waals surface area contributed by atoms with Crippen LogP contribution in [0.3, 0.4) is 0 Å². The van der Waals surface area contributed by atoms with Gasteiger partial charge in [-0.1, -0.05) is 97.1 Å². The van der Waals surface area contributed by atoms with E-state index in [1.165, 1.54) is 48.5 Å². The predicted molar refractivity (Wildman–Crippen MR) is 264 cm³/mol. The molecule has 0 spiro atoms. The molecule has 10 aromatic rings. The Bertz CT molecular complexity index is 3190. The van der Waals surface area contributed by atoms with Crippen LogP contribution in [0.5, 0.6) is 0 Å². The topological polar surface area (TPSA) is 385 Å². The minimum atomic E-state index is -1.54. The van der Waals surface area contributed by atoms with Crippen molar-refractivity contribution in [2.75, 3.05) is 0 Å². The van der Waals surface area contributed by atoms with Gasteiger partial charge in [0.05, 0.1) is 87.9 Å². The fraction of sp³-hybridized carbons (Fsp3) is 0. The average molecular weight is 1150 g/mol. The van der Waals surface area contributed by atoms with Crippen LogP contribution in [0.4, 0.5) is 22.7 Å². The SMILES string of the molecule is O=C([O-])c1ccccc1[N+](=O)[O-].O=C([O-])c1ccccc1[N+](=O)[O-].O=C([O-])c1ccccc1[N+](=O)[O-].O=C([O-])c1ccccc1[N+](=O)[O-].[Cu+2].[Cu+2].c1cnc2c(c1)ccc1cccnc12.c1cnc2c(c1)ccc1cccnc12. The molecule has 4 heterocycles. The number of pyridine rings is 4. The molecule has 0 atom stereocenters. The van der Waals surface area contributed by atoms with Crippen LogP contribution in [0.1, 0.15) is 41.4 Å². The van der Waals surface area contributed by atoms with E-state index in [9.17, 15) is 80.1 Å². The molecule has 0 aliphatic heterocycles. The van der Waals surface area contributed by atoms with Crippen LogP contribution in [0, 0.1) is 40.5 Å². The van der Waals surface area contributed by atoms with E-state index >= 15 is 0 Å². The molecule has 0 fully saturated rings. The number of carbonyl (C=O) groups excluding carboxylic acids is 4. The van der Waals surface area contributed by atoms with Gasteiger partial charge in [-0.3, -0.25) is 60.4 Å². The molecule has 6 aromatic carbocycles. The maximum absolute atomic E-state index is 10.3. The Morgan fingerprint density at radius 3 is 0.615 bits per heavy atom. The van der Waals surface area contributed by atoms with Gasteiger partial charge in [-0.05, 0) is 48.5 Å². The van der Waals surface area contributed by atoms with Gasteiger partial charge >= 0.3 is 34.1 Å². The number of carbonyl (C=O) groups is 4. The Hall–Kier alpha value is -10.5. The first kappa shape index (κ1) is 61.8. The Morgan fingerprint density at radius 2 is 0.462 bits per heavy atom. The van der Waals surface area contributed by atoms with Gasteiger partial charge in [-0.25, -0.2) is 0 Å². The molecule has 0 bridgehead atoms. The summed E-state index contributed by atoms with van der Waals surface area (Å²) in [5, 5.41) is 86.8. The normalized spacial score (nSPS) is 9.64. The number of hydrogen-bond donors (Lipinski definition) is 0. The summed E-state index contributed by atoms with van der Waals surface area (Å²) < 4.78 is 0. The van der Waals surface area contributed by atoms with Gasteiger partial charge in [-0.2, -0.15) is 0 Å². The summed E-state index contributed by atoms with van der Waals surface area (Å²) in [6, 6.07) is 44.4. The molecule has 26 heteroatoms. The van der Waals surface area contributed by atoms with Gasteiger partial charge in [0.2, 0.25) is 0 Å². The first-order valence-corrected chi connectivity index (χ1v) is 21.4. The zero-order chi connectivity index (χ0) is 55.3. The van der Waals surface area contributed by atoms with Crippen molar-refractivity contribution in [2.24, 2.45) is 0 Å². The van der Waals surface area contributed by atoms with Crippen LogP contribution >= 0.6 is 0 Å². The Kier molecular flexibility index (Phi) is 23.8. The molecule has 0 amide bonds. The molecule has 0 unspecified atom stereocenters. The molecular weight excluding hydrogens is 1120 g/mol. The number of aromatic carboxylic acids is 4. The maximum Gasteiger partial charge on any atom is 2.00 e. The zero-order valence-electron chi connectivity index (χ0n) is 39.2. The number of benzene rings is 6. The van der Waals surface area contributed by atoms with Crippen molar-refractivity contribution in [1.82, 2.24) is 19.9 Å². The van der Waals surface area contributed by atoms with Gasteiger partial charge in [0, 0.05) is 70.6 Å². The summed E-state index contributed by atoms with van der Waals surface area (Å²) >= 11 is 0. The van der Waals surface area contributed by atoms with Gasteiger partial charge in [0.25, 0.3) is 22.7 Å². The van der Waals surface area contributed by atoms with Crippen molar-refractivity contribution in [2.45, 2.75) is 0 Å². The van der Waals surface area contributed by atoms with Crippen molar-refractivity contribution < 1.29 is 93.4 Å². The average Bonchev–Trinajstić information content (AvgIpc) is 3.47. The second kappa shape index (κ2) is 30.0. The molecule has 24 nitrogen and oxygen atoms in total. The summed E-state index contributed by atoms with van der Waals surface area (Å²) in [6.45, 7) is 0. The minimum Gasteiger partial charge on any atom is -0.545 e. The van der Waals surface area contributed by atoms with E-state index in [1.807, 2.05) is 24.3 Å². The van der Waals surface area contributed by atoms with Crippen molar-refractivity contribution in [1.29, 1.82) is 0 Å². The third-order valence-electron chi connectivity index (χ3n) is 9.97. The van der Waals surface area contributed by atoms with Crippen molar-refractivity contribution in [3.05, 3.63) is 257 Å². The minimum absolute atomic E-state index is 0. The molecular formula is C52H32Cu2N8O16. The molecule has 0 aliphatic rings. The monoisotopic (exact) mass is 1150 g/mol. The van der Waals surface area contributed by atoms with Gasteiger partial charge < -0.3 is 39.6 Å². The van der Waals surface area contributed by atoms with Gasteiger partial charge in [0.1, 0.15) is 0 Å². The summed E-state index contributed by atoms with van der Waals surface area (Å²) in [4.78, 5) is 96.6. The van der Waals surface area contributed by atoms with Crippen molar-refractivity contribution in [3.8, 4) is 0 Å². The number of rotatable bonds is 8. The van der Waals surface area contributed by atoms with Crippen LogP contribution in [0.2, 0.25) is 0 Å². The summed E-state index contributed by atoms with van der Waals surface area (Å²) in [6.07, 6.45) is 7.21. The Balaban J connectivity index is 0.000000245. The number of nitro benzene ring substituents is 4. The maximum atomic E-state index is 10.3. The fourth-order valence-electron chi connectivity index (χ4n) is 6.58. The van der Waals surface area contributed by atoms with Crippen molar-refractivity contribution >= 4 is 90.2 Å². The van der Waals surface area contributed by atoms with E-state index in [0.29, 0.717) is 0 Å². The van der Waals surface area contributed by atoms with Crippen LogP contribution in [0.15, 0.2) is 195 Å². The number of carboxylic acids is 4. The summed E-state index contributed by atoms with van der Waals surface area (Å²) in [7, 11) is 0. The van der Waals surface area contributed by atoms with Crippen LogP contribution in [-0.4, -0.2) is 63.5 Å². The largest absolute Gasteiger partial charge is 2.00 e. The Morgan fingerprint density at radius 1 is 0.282 bits per heavy atom. The van der Waals surface area contributed by atoms with Crippen LogP contribution in [-0.2, 0) is 34.1 Å². The number of nitro groups is 4. The van der Waals surface area contributed by atoms with E-state index in [1.54, 1.807) is 24.8 Å². The Labute approximate surface area is 458 Å². The molecule has 10 rings (SSSR count). The molecule has 0 aliphatic carbocycles. The van der Waals surface area contributed by atoms with Crippen molar-refractivity contribution in [3.63, 3.8) is 0 Å². The van der Waals surface area contributed by atoms with Gasteiger partial charge in [0.15, 0.2) is 0 Å². The van der Waals surface area contributed by atoms with Crippen LogP contribution < -0.4 is 20.4 Å². The first-order valence-electron chi connectivity index (χ1n) is 21.4. The van der Waals surface area contributed by atoms with Crippen LogP contribution in [0.25, 0.3) is 43.6 Å². The molecule has 398 valence electrons. The molecule has 4 aromatic heterocycles. The van der Waals surface area contributed by atoms with Gasteiger partial charge in [-0.15, -0.1) is 0 Å². The second-order valence-corrected chi connectivity index (χ2v) is 14.7. The predicted octanol–water partition coefficient (Wildman–Crippen LogP) is 5.39. The summed E-state index contributed by atoms with van der Waals surface area (Å²) in [5.74, 6) is -6.16. The van der Waals surface area contributed by atoms with E-state index in [4.69, 9.17) is 0 Å². The quantitative estimate of drug-likeness (QED) is 0.0795. The second-order valence-electron chi connectivity index (χ2n) is 14.7. The third kappa shape index (κ3) is 16.8. The smallest absolute Gasteiger partial charge is 0.545 e. The zero-order valence-corrected chi connectivity index (χ0v) is 41.1. The molecule has 0 N–H and O–H groups in total. The number of para-hydroxylation sites is 4. The molecule has 78 heavy (non-hydrogen) atoms. The van der Waals surface area contributed by atoms with E-state index in [-0.39, 0.29) is 34.1 Å². The molecule has 2 radical (unpaired) electrons. The third-order valence-corrected chi connectivity index (χ3v) is 9.97. The first-order chi connectivity index (χ1) is 36.4. The number of aromatic nitrogens is 4. The summed E-state index contributed by atoms with van der Waals surface area (Å²) in [5.41, 5.74) is 0.521. The number of carboxylic acid groups (broad SMARTS) is 4. The number of hydrogen-bond acceptors (Lipinski definition) is 20.